The van der Waals surface area contributed by atoms with E-state index in [0.29, 0.717) is 39.0 Å². The normalized spacial score (nSPS) is 28.4. The molecule has 4 aliphatic rings. The second kappa shape index (κ2) is 10.3. The number of amides is 4. The standard InChI is InChI=1S/C36H27ClFN3O5/c37-19-7-5-18(6-8-19)36-28(34(45)41(35(36)46)40-21-11-9-20(38)10-12-21)17-27-25(13-14-26-30(27)33(44)39-32(26)43)31(36)24-15-16-29(42)23-4-2-1-3-22(23)24/h1-13,15-16,26-28,30-31,40,42H,14,17H2,(H,39,43,44). The molecule has 2 heterocycles. The summed E-state index contributed by atoms with van der Waals surface area (Å²) in [5.74, 6) is -5.59. The van der Waals surface area contributed by atoms with Gasteiger partial charge in [0.2, 0.25) is 11.8 Å². The number of anilines is 1. The third-order valence-corrected chi connectivity index (χ3v) is 10.6. The van der Waals surface area contributed by atoms with Crippen molar-refractivity contribution in [2.75, 3.05) is 5.43 Å². The predicted octanol–water partition coefficient (Wildman–Crippen LogP) is 5.61. The summed E-state index contributed by atoms with van der Waals surface area (Å²) in [5.41, 5.74) is 3.87. The average Bonchev–Trinajstić information content (AvgIpc) is 3.47. The summed E-state index contributed by atoms with van der Waals surface area (Å²) < 4.78 is 13.8. The zero-order valence-electron chi connectivity index (χ0n) is 24.2. The van der Waals surface area contributed by atoms with Crippen LogP contribution in [0.1, 0.15) is 29.9 Å². The number of imide groups is 2. The molecule has 3 fully saturated rings. The number of aromatic hydroxyl groups is 1. The van der Waals surface area contributed by atoms with Crippen LogP contribution in [0, 0.1) is 29.5 Å². The van der Waals surface area contributed by atoms with Crippen LogP contribution in [-0.4, -0.2) is 33.7 Å². The van der Waals surface area contributed by atoms with Crippen molar-refractivity contribution < 1.29 is 28.7 Å². The van der Waals surface area contributed by atoms with Crippen molar-refractivity contribution in [1.82, 2.24) is 10.3 Å². The van der Waals surface area contributed by atoms with Crippen LogP contribution in [-0.2, 0) is 24.6 Å². The van der Waals surface area contributed by atoms with E-state index in [4.69, 9.17) is 11.6 Å². The molecule has 230 valence electrons. The van der Waals surface area contributed by atoms with Crippen LogP contribution in [0.3, 0.4) is 0 Å². The van der Waals surface area contributed by atoms with Crippen LogP contribution in [0.25, 0.3) is 10.8 Å². The summed E-state index contributed by atoms with van der Waals surface area (Å²) in [5, 5.41) is 16.1. The van der Waals surface area contributed by atoms with E-state index in [9.17, 15) is 23.9 Å². The van der Waals surface area contributed by atoms with Gasteiger partial charge in [-0.25, -0.2) is 4.39 Å². The summed E-state index contributed by atoms with van der Waals surface area (Å²) in [6.07, 6.45) is 2.43. The highest BCUT2D eigenvalue weighted by molar-refractivity contribution is 6.30. The topological polar surface area (TPSA) is 116 Å². The van der Waals surface area contributed by atoms with E-state index < -0.39 is 52.6 Å². The average molecular weight is 636 g/mol. The number of nitrogens with zero attached hydrogens (tertiary/aromatic N) is 1. The number of benzene rings is 4. The summed E-state index contributed by atoms with van der Waals surface area (Å²) in [7, 11) is 0. The lowest BCUT2D eigenvalue weighted by Crippen LogP contribution is -2.53. The molecule has 0 spiro atoms. The summed E-state index contributed by atoms with van der Waals surface area (Å²) in [4.78, 5) is 55.9. The largest absolute Gasteiger partial charge is 0.507 e. The third-order valence-electron chi connectivity index (χ3n) is 10.3. The molecule has 46 heavy (non-hydrogen) atoms. The molecule has 1 saturated carbocycles. The molecule has 4 amide bonds. The minimum atomic E-state index is -1.50. The van der Waals surface area contributed by atoms with Crippen molar-refractivity contribution in [1.29, 1.82) is 0 Å². The van der Waals surface area contributed by atoms with Gasteiger partial charge in [0.05, 0.1) is 28.9 Å². The maximum absolute atomic E-state index is 15.2. The van der Waals surface area contributed by atoms with Gasteiger partial charge >= 0.3 is 0 Å². The van der Waals surface area contributed by atoms with Crippen LogP contribution in [0.5, 0.6) is 5.75 Å². The maximum Gasteiger partial charge on any atom is 0.260 e. The van der Waals surface area contributed by atoms with Crippen molar-refractivity contribution in [2.45, 2.75) is 24.2 Å². The van der Waals surface area contributed by atoms with Gasteiger partial charge in [-0.1, -0.05) is 65.7 Å². The Morgan fingerprint density at radius 3 is 2.33 bits per heavy atom. The third kappa shape index (κ3) is 3.91. The zero-order valence-corrected chi connectivity index (χ0v) is 25.0. The monoisotopic (exact) mass is 635 g/mol. The molecule has 6 unspecified atom stereocenters. The molecule has 10 heteroatoms. The number of phenols is 1. The number of carbonyl (C=O) groups excluding carboxylic acids is 4. The number of carbonyl (C=O) groups is 4. The van der Waals surface area contributed by atoms with E-state index in [0.717, 1.165) is 10.6 Å². The first-order valence-corrected chi connectivity index (χ1v) is 15.5. The van der Waals surface area contributed by atoms with Crippen LogP contribution >= 0.6 is 11.6 Å². The summed E-state index contributed by atoms with van der Waals surface area (Å²) in [6.45, 7) is 0. The fraction of sp³-hybridized carbons (Fsp3) is 0.222. The molecular formula is C36H27ClFN3O5. The van der Waals surface area contributed by atoms with Crippen LogP contribution < -0.4 is 10.7 Å². The summed E-state index contributed by atoms with van der Waals surface area (Å²) >= 11 is 6.33. The quantitative estimate of drug-likeness (QED) is 0.198. The molecule has 4 aromatic carbocycles. The number of hydrogen-bond acceptors (Lipinski definition) is 6. The molecule has 3 N–H and O–H groups in total. The Morgan fingerprint density at radius 2 is 1.59 bits per heavy atom. The minimum Gasteiger partial charge on any atom is -0.507 e. The lowest BCUT2D eigenvalue weighted by atomic mass is 9.49. The van der Waals surface area contributed by atoms with Gasteiger partial charge < -0.3 is 5.11 Å². The van der Waals surface area contributed by atoms with Crippen molar-refractivity contribution in [3.8, 4) is 5.75 Å². The van der Waals surface area contributed by atoms with Gasteiger partial charge in [-0.05, 0) is 77.7 Å². The molecule has 2 aliphatic carbocycles. The molecule has 0 radical (unpaired) electrons. The van der Waals surface area contributed by atoms with Crippen LogP contribution in [0.15, 0.2) is 96.6 Å². The molecule has 2 aliphatic heterocycles. The van der Waals surface area contributed by atoms with E-state index in [1.54, 1.807) is 42.5 Å². The molecule has 0 bridgehead atoms. The van der Waals surface area contributed by atoms with Gasteiger partial charge in [0, 0.05) is 16.3 Å². The Bertz CT molecular complexity index is 2010. The lowest BCUT2D eigenvalue weighted by molar-refractivity contribution is -0.138. The highest BCUT2D eigenvalue weighted by atomic mass is 35.5. The molecule has 4 aromatic rings. The lowest BCUT2D eigenvalue weighted by Gasteiger charge is -2.51. The number of rotatable bonds is 4. The molecule has 0 aromatic heterocycles. The van der Waals surface area contributed by atoms with Gasteiger partial charge in [0.15, 0.2) is 0 Å². The molecule has 6 atom stereocenters. The smallest absolute Gasteiger partial charge is 0.260 e. The first-order valence-electron chi connectivity index (χ1n) is 15.1. The number of phenolic OH excluding ortho intramolecular Hbond substituents is 1. The van der Waals surface area contributed by atoms with E-state index in [1.807, 2.05) is 24.3 Å². The number of allylic oxidation sites excluding steroid dienone is 2. The zero-order chi connectivity index (χ0) is 31.9. The SMILES string of the molecule is O=C1NC(=O)C2C1CC=C1C2CC2C(=O)N(Nc3ccc(F)cc3)C(=O)C2(c2ccc(Cl)cc2)C1c1ccc(O)c2ccccc12. The molecule has 2 saturated heterocycles. The van der Waals surface area contributed by atoms with E-state index in [2.05, 4.69) is 10.7 Å². The Hall–Kier alpha value is -5.02. The number of hydrogen-bond donors (Lipinski definition) is 3. The van der Waals surface area contributed by atoms with E-state index in [1.165, 1.54) is 24.3 Å². The predicted molar refractivity (Wildman–Crippen MR) is 168 cm³/mol. The van der Waals surface area contributed by atoms with E-state index >= 15 is 4.79 Å². The highest BCUT2D eigenvalue weighted by Gasteiger charge is 2.70. The fourth-order valence-corrected chi connectivity index (χ4v) is 8.59. The number of nitrogens with one attached hydrogen (secondary N) is 2. The van der Waals surface area contributed by atoms with Crippen LogP contribution in [0.4, 0.5) is 10.1 Å². The first kappa shape index (κ1) is 28.5. The van der Waals surface area contributed by atoms with Gasteiger partial charge in [0.25, 0.3) is 11.8 Å². The molecule has 8 nitrogen and oxygen atoms in total. The fourth-order valence-electron chi connectivity index (χ4n) is 8.47. The summed E-state index contributed by atoms with van der Waals surface area (Å²) in [6, 6.07) is 22.9. The van der Waals surface area contributed by atoms with Crippen molar-refractivity contribution in [2.24, 2.45) is 23.7 Å². The number of halogens is 2. The second-order valence-corrected chi connectivity index (χ2v) is 12.9. The first-order chi connectivity index (χ1) is 22.2. The Labute approximate surface area is 267 Å². The Balaban J connectivity index is 1.41. The minimum absolute atomic E-state index is 0.0654. The van der Waals surface area contributed by atoms with Crippen LogP contribution in [0.2, 0.25) is 5.02 Å². The number of fused-ring (bicyclic) bond motifs is 5. The Kier molecular flexibility index (Phi) is 6.34. The van der Waals surface area contributed by atoms with Gasteiger partial charge in [-0.2, -0.15) is 5.01 Å². The van der Waals surface area contributed by atoms with Crippen molar-refractivity contribution in [3.63, 3.8) is 0 Å². The van der Waals surface area contributed by atoms with Gasteiger partial charge in [0.1, 0.15) is 11.6 Å². The highest BCUT2D eigenvalue weighted by Crippen LogP contribution is 2.64. The molecular weight excluding hydrogens is 609 g/mol. The second-order valence-electron chi connectivity index (χ2n) is 12.4. The maximum atomic E-state index is 15.2. The Morgan fingerprint density at radius 1 is 0.870 bits per heavy atom. The van der Waals surface area contributed by atoms with E-state index in [-0.39, 0.29) is 24.0 Å². The number of hydrazine groups is 1. The van der Waals surface area contributed by atoms with Gasteiger partial charge in [-0.15, -0.1) is 0 Å². The van der Waals surface area contributed by atoms with Gasteiger partial charge in [-0.3, -0.25) is 29.9 Å². The molecule has 8 rings (SSSR count). The van der Waals surface area contributed by atoms with Crippen molar-refractivity contribution >= 4 is 51.7 Å². The van der Waals surface area contributed by atoms with Crippen molar-refractivity contribution in [3.05, 3.63) is 119 Å².